The lowest BCUT2D eigenvalue weighted by molar-refractivity contribution is 0.101. The van der Waals surface area contributed by atoms with Gasteiger partial charge in [0.15, 0.2) is 0 Å². The summed E-state index contributed by atoms with van der Waals surface area (Å²) < 4.78 is 6.26. The number of nitrogens with one attached hydrogen (secondary N) is 1. The maximum atomic E-state index is 12.5. The maximum absolute atomic E-state index is 12.5. The van der Waals surface area contributed by atoms with E-state index in [9.17, 15) is 9.59 Å². The van der Waals surface area contributed by atoms with Crippen LogP contribution in [0.4, 0.5) is 0 Å². The first-order valence-corrected chi connectivity index (χ1v) is 7.04. The van der Waals surface area contributed by atoms with Gasteiger partial charge >= 0.3 is 0 Å². The molecule has 0 aliphatic heterocycles. The van der Waals surface area contributed by atoms with Crippen molar-refractivity contribution in [3.63, 3.8) is 0 Å². The van der Waals surface area contributed by atoms with Gasteiger partial charge in [-0.05, 0) is 37.3 Å². The van der Waals surface area contributed by atoms with Crippen LogP contribution in [0.3, 0.4) is 0 Å². The second-order valence-electron chi connectivity index (χ2n) is 4.99. The highest BCUT2D eigenvalue weighted by Gasteiger charge is 2.12. The number of amides is 1. The Morgan fingerprint density at radius 3 is 2.74 bits per heavy atom. The van der Waals surface area contributed by atoms with Gasteiger partial charge in [0.1, 0.15) is 11.6 Å². The number of para-hydroxylation sites is 1. The molecule has 0 radical (unpaired) electrons. The maximum Gasteiger partial charge on any atom is 0.280 e. The zero-order valence-electron chi connectivity index (χ0n) is 12.7. The van der Waals surface area contributed by atoms with E-state index >= 15 is 0 Å². The Balaban J connectivity index is 2.01. The van der Waals surface area contributed by atoms with Gasteiger partial charge in [-0.3, -0.25) is 15.0 Å². The molecule has 1 heterocycles. The van der Waals surface area contributed by atoms with Crippen molar-refractivity contribution in [3.8, 4) is 5.75 Å². The summed E-state index contributed by atoms with van der Waals surface area (Å²) in [5.41, 5.74) is 3.26. The lowest BCUT2D eigenvalue weighted by Crippen LogP contribution is -2.35. The van der Waals surface area contributed by atoms with Crippen molar-refractivity contribution in [2.24, 2.45) is 0 Å². The number of carbonyl (C=O) groups is 1. The standard InChI is InChI=1S/C17H15N3O3/c1-11-18-15-9-4-3-8-14(15)17(22)20(11)19-16(21)12-6-5-7-13(10-12)23-2/h3-10H,1-2H3,(H,19,21). The van der Waals surface area contributed by atoms with Crippen LogP contribution < -0.4 is 15.7 Å². The fraction of sp³-hybridized carbons (Fsp3) is 0.118. The summed E-state index contributed by atoms with van der Waals surface area (Å²) in [6.07, 6.45) is 0. The molecule has 0 atom stereocenters. The van der Waals surface area contributed by atoms with E-state index in [0.29, 0.717) is 28.0 Å². The van der Waals surface area contributed by atoms with Crippen LogP contribution >= 0.6 is 0 Å². The van der Waals surface area contributed by atoms with Crippen LogP contribution in [0.2, 0.25) is 0 Å². The van der Waals surface area contributed by atoms with Crippen molar-refractivity contribution in [2.75, 3.05) is 12.5 Å². The lowest BCUT2D eigenvalue weighted by atomic mass is 10.2. The first-order chi connectivity index (χ1) is 11.1. The monoisotopic (exact) mass is 309 g/mol. The summed E-state index contributed by atoms with van der Waals surface area (Å²) in [6, 6.07) is 13.7. The molecule has 0 bridgehead atoms. The van der Waals surface area contributed by atoms with Crippen LogP contribution in [0.5, 0.6) is 5.75 Å². The molecule has 0 unspecified atom stereocenters. The summed E-state index contributed by atoms with van der Waals surface area (Å²) in [4.78, 5) is 29.2. The van der Waals surface area contributed by atoms with E-state index in [2.05, 4.69) is 10.4 Å². The predicted octanol–water partition coefficient (Wildman–Crippen LogP) is 2.10. The van der Waals surface area contributed by atoms with E-state index in [1.165, 1.54) is 7.11 Å². The molecule has 0 fully saturated rings. The van der Waals surface area contributed by atoms with Crippen LogP contribution in [0.25, 0.3) is 10.9 Å². The Bertz CT molecular complexity index is 947. The van der Waals surface area contributed by atoms with E-state index < -0.39 is 5.91 Å². The minimum atomic E-state index is -0.411. The molecular weight excluding hydrogens is 294 g/mol. The molecule has 23 heavy (non-hydrogen) atoms. The number of nitrogens with zero attached hydrogens (tertiary/aromatic N) is 2. The second-order valence-corrected chi connectivity index (χ2v) is 4.99. The minimum Gasteiger partial charge on any atom is -0.497 e. The highest BCUT2D eigenvalue weighted by molar-refractivity contribution is 6.00. The number of carbonyl (C=O) groups excluding carboxylic acids is 1. The molecule has 3 aromatic rings. The van der Waals surface area contributed by atoms with Gasteiger partial charge in [-0.1, -0.05) is 18.2 Å². The van der Waals surface area contributed by atoms with Gasteiger partial charge < -0.3 is 4.74 Å². The fourth-order valence-electron chi connectivity index (χ4n) is 2.31. The number of aromatic nitrogens is 2. The number of rotatable bonds is 3. The van der Waals surface area contributed by atoms with Crippen molar-refractivity contribution < 1.29 is 9.53 Å². The highest BCUT2D eigenvalue weighted by Crippen LogP contribution is 2.13. The normalized spacial score (nSPS) is 10.5. The highest BCUT2D eigenvalue weighted by atomic mass is 16.5. The SMILES string of the molecule is COc1cccc(C(=O)Nn2c(C)nc3ccccc3c2=O)c1. The lowest BCUT2D eigenvalue weighted by Gasteiger charge is -2.12. The summed E-state index contributed by atoms with van der Waals surface area (Å²) in [6.45, 7) is 1.67. The van der Waals surface area contributed by atoms with Gasteiger partial charge in [0.05, 0.1) is 18.0 Å². The van der Waals surface area contributed by atoms with Crippen molar-refractivity contribution >= 4 is 16.8 Å². The molecular formula is C17H15N3O3. The van der Waals surface area contributed by atoms with Crippen LogP contribution in [-0.2, 0) is 0 Å². The Hall–Kier alpha value is -3.15. The molecule has 0 spiro atoms. The number of methoxy groups -OCH3 is 1. The molecule has 1 amide bonds. The zero-order chi connectivity index (χ0) is 16.4. The molecule has 6 nitrogen and oxygen atoms in total. The van der Waals surface area contributed by atoms with Crippen LogP contribution in [0, 0.1) is 6.92 Å². The average Bonchev–Trinajstić information content (AvgIpc) is 2.58. The number of fused-ring (bicyclic) bond motifs is 1. The van der Waals surface area contributed by atoms with Crippen LogP contribution in [0.15, 0.2) is 53.3 Å². The third-order valence-corrected chi connectivity index (χ3v) is 3.49. The fourth-order valence-corrected chi connectivity index (χ4v) is 2.31. The molecule has 6 heteroatoms. The molecule has 1 N–H and O–H groups in total. The molecule has 2 aromatic carbocycles. The topological polar surface area (TPSA) is 73.2 Å². The van der Waals surface area contributed by atoms with Gasteiger partial charge in [0.2, 0.25) is 0 Å². The number of benzene rings is 2. The van der Waals surface area contributed by atoms with E-state index in [1.54, 1.807) is 49.4 Å². The van der Waals surface area contributed by atoms with Crippen LogP contribution in [0.1, 0.15) is 16.2 Å². The molecule has 116 valence electrons. The predicted molar refractivity (Wildman–Crippen MR) is 87.4 cm³/mol. The number of ether oxygens (including phenoxy) is 1. The summed E-state index contributed by atoms with van der Waals surface area (Å²) in [5, 5.41) is 0.448. The van der Waals surface area contributed by atoms with Crippen molar-refractivity contribution in [1.82, 2.24) is 9.66 Å². The van der Waals surface area contributed by atoms with Crippen LogP contribution in [-0.4, -0.2) is 22.7 Å². The van der Waals surface area contributed by atoms with Crippen molar-refractivity contribution in [1.29, 1.82) is 0 Å². The Morgan fingerprint density at radius 1 is 1.17 bits per heavy atom. The minimum absolute atomic E-state index is 0.315. The molecule has 0 saturated carbocycles. The Kier molecular flexibility index (Phi) is 3.80. The average molecular weight is 309 g/mol. The largest absolute Gasteiger partial charge is 0.497 e. The van der Waals surface area contributed by atoms with E-state index in [4.69, 9.17) is 4.74 Å². The Morgan fingerprint density at radius 2 is 1.96 bits per heavy atom. The van der Waals surface area contributed by atoms with Gasteiger partial charge in [-0.2, -0.15) is 0 Å². The molecule has 0 aliphatic carbocycles. The number of hydrogen-bond donors (Lipinski definition) is 1. The molecule has 3 rings (SSSR count). The summed E-state index contributed by atoms with van der Waals surface area (Å²) in [7, 11) is 1.53. The zero-order valence-corrected chi connectivity index (χ0v) is 12.7. The first-order valence-electron chi connectivity index (χ1n) is 7.04. The molecule has 1 aromatic heterocycles. The smallest absolute Gasteiger partial charge is 0.280 e. The van der Waals surface area contributed by atoms with Crippen molar-refractivity contribution in [3.05, 3.63) is 70.3 Å². The second kappa shape index (κ2) is 5.92. The Labute approximate surface area is 132 Å². The van der Waals surface area contributed by atoms with E-state index in [0.717, 1.165) is 4.68 Å². The third-order valence-electron chi connectivity index (χ3n) is 3.49. The van der Waals surface area contributed by atoms with Gasteiger partial charge in [0.25, 0.3) is 11.5 Å². The third kappa shape index (κ3) is 2.78. The van der Waals surface area contributed by atoms with Gasteiger partial charge in [-0.25, -0.2) is 9.66 Å². The quantitative estimate of drug-likeness (QED) is 0.804. The number of aryl methyl sites for hydroxylation is 1. The van der Waals surface area contributed by atoms with E-state index in [1.807, 2.05) is 6.07 Å². The van der Waals surface area contributed by atoms with Crippen molar-refractivity contribution in [2.45, 2.75) is 6.92 Å². The van der Waals surface area contributed by atoms with Gasteiger partial charge in [0, 0.05) is 5.56 Å². The summed E-state index contributed by atoms with van der Waals surface area (Å²) >= 11 is 0. The molecule has 0 aliphatic rings. The van der Waals surface area contributed by atoms with E-state index in [-0.39, 0.29) is 5.56 Å². The van der Waals surface area contributed by atoms with Gasteiger partial charge in [-0.15, -0.1) is 0 Å². The first kappa shape index (κ1) is 14.8. The number of hydrogen-bond acceptors (Lipinski definition) is 4. The summed E-state index contributed by atoms with van der Waals surface area (Å²) in [5.74, 6) is 0.564. The molecule has 0 saturated heterocycles.